The van der Waals surface area contributed by atoms with Crippen LogP contribution in [0.1, 0.15) is 18.4 Å². The van der Waals surface area contributed by atoms with Crippen molar-refractivity contribution in [2.45, 2.75) is 32.0 Å². The zero-order valence-electron chi connectivity index (χ0n) is 13.6. The molecule has 2 heterocycles. The van der Waals surface area contributed by atoms with Gasteiger partial charge in [0.15, 0.2) is 0 Å². The van der Waals surface area contributed by atoms with Crippen LogP contribution in [-0.2, 0) is 13.1 Å². The lowest BCUT2D eigenvalue weighted by atomic mass is 10.0. The standard InChI is InChI=1S/C20H21N3O/c24-20-19-11-5-4-9-17(19)14-21-23(20)15-22-12-6-10-18(22)13-16-7-2-1-3-8-16/h1-5,7-9,11,14,18H,6,10,12-13,15H2. The fourth-order valence-electron chi connectivity index (χ4n) is 3.60. The first kappa shape index (κ1) is 15.1. The largest absolute Gasteiger partial charge is 0.281 e. The van der Waals surface area contributed by atoms with E-state index in [-0.39, 0.29) is 5.56 Å². The van der Waals surface area contributed by atoms with Gasteiger partial charge in [-0.3, -0.25) is 9.69 Å². The molecular weight excluding hydrogens is 298 g/mol. The van der Waals surface area contributed by atoms with Gasteiger partial charge < -0.3 is 0 Å². The molecule has 0 saturated carbocycles. The zero-order valence-corrected chi connectivity index (χ0v) is 13.6. The third kappa shape index (κ3) is 2.97. The van der Waals surface area contributed by atoms with E-state index in [9.17, 15) is 4.79 Å². The highest BCUT2D eigenvalue weighted by Crippen LogP contribution is 2.21. The van der Waals surface area contributed by atoms with Crippen molar-refractivity contribution in [1.82, 2.24) is 14.7 Å². The van der Waals surface area contributed by atoms with Gasteiger partial charge in [0.05, 0.1) is 18.3 Å². The first-order valence-electron chi connectivity index (χ1n) is 8.54. The molecule has 4 rings (SSSR count). The molecular formula is C20H21N3O. The minimum Gasteiger partial charge on any atom is -0.281 e. The molecule has 0 spiro atoms. The quantitative estimate of drug-likeness (QED) is 0.742. The Labute approximate surface area is 141 Å². The van der Waals surface area contributed by atoms with E-state index < -0.39 is 0 Å². The Hall–Kier alpha value is -2.46. The van der Waals surface area contributed by atoms with E-state index in [1.165, 1.54) is 18.4 Å². The maximum absolute atomic E-state index is 12.7. The van der Waals surface area contributed by atoms with Gasteiger partial charge in [-0.05, 0) is 30.9 Å². The summed E-state index contributed by atoms with van der Waals surface area (Å²) in [4.78, 5) is 15.0. The van der Waals surface area contributed by atoms with Crippen LogP contribution in [0.4, 0.5) is 0 Å². The molecule has 0 radical (unpaired) electrons. The predicted octanol–water partition coefficient (Wildman–Crippen LogP) is 3.06. The molecule has 1 unspecified atom stereocenters. The number of likely N-dealkylation sites (tertiary alicyclic amines) is 1. The van der Waals surface area contributed by atoms with Crippen LogP contribution < -0.4 is 5.56 Å². The molecule has 0 aliphatic carbocycles. The molecule has 1 atom stereocenters. The van der Waals surface area contributed by atoms with Gasteiger partial charge in [0.2, 0.25) is 0 Å². The third-order valence-corrected chi connectivity index (χ3v) is 4.89. The number of rotatable bonds is 4. The first-order valence-corrected chi connectivity index (χ1v) is 8.54. The lowest BCUT2D eigenvalue weighted by molar-refractivity contribution is 0.185. The Morgan fingerprint density at radius 2 is 1.83 bits per heavy atom. The molecule has 1 aromatic heterocycles. The summed E-state index contributed by atoms with van der Waals surface area (Å²) >= 11 is 0. The Bertz CT molecular complexity index is 888. The van der Waals surface area contributed by atoms with Crippen molar-refractivity contribution < 1.29 is 0 Å². The van der Waals surface area contributed by atoms with Gasteiger partial charge in [-0.2, -0.15) is 5.10 Å². The molecule has 0 bridgehead atoms. The molecule has 4 nitrogen and oxygen atoms in total. The Morgan fingerprint density at radius 3 is 2.71 bits per heavy atom. The van der Waals surface area contributed by atoms with Gasteiger partial charge >= 0.3 is 0 Å². The highest BCUT2D eigenvalue weighted by atomic mass is 16.1. The van der Waals surface area contributed by atoms with E-state index in [2.05, 4.69) is 40.3 Å². The van der Waals surface area contributed by atoms with Gasteiger partial charge in [-0.15, -0.1) is 0 Å². The molecule has 24 heavy (non-hydrogen) atoms. The second kappa shape index (κ2) is 6.57. The third-order valence-electron chi connectivity index (χ3n) is 4.89. The van der Waals surface area contributed by atoms with E-state index in [4.69, 9.17) is 0 Å². The summed E-state index contributed by atoms with van der Waals surface area (Å²) in [5, 5.41) is 6.02. The van der Waals surface area contributed by atoms with E-state index in [1.54, 1.807) is 10.9 Å². The van der Waals surface area contributed by atoms with Crippen molar-refractivity contribution in [3.05, 3.63) is 76.7 Å². The summed E-state index contributed by atoms with van der Waals surface area (Å²) in [7, 11) is 0. The van der Waals surface area contributed by atoms with Crippen LogP contribution in [0.25, 0.3) is 10.8 Å². The van der Waals surface area contributed by atoms with Crippen molar-refractivity contribution >= 4 is 10.8 Å². The van der Waals surface area contributed by atoms with Crippen LogP contribution in [-0.4, -0.2) is 27.3 Å². The fourth-order valence-corrected chi connectivity index (χ4v) is 3.60. The van der Waals surface area contributed by atoms with E-state index in [1.807, 2.05) is 24.3 Å². The maximum Gasteiger partial charge on any atom is 0.275 e. The predicted molar refractivity (Wildman–Crippen MR) is 95.9 cm³/mol. The molecule has 2 aromatic carbocycles. The average molecular weight is 319 g/mol. The number of hydrogen-bond acceptors (Lipinski definition) is 3. The molecule has 4 heteroatoms. The summed E-state index contributed by atoms with van der Waals surface area (Å²) in [6, 6.07) is 18.7. The summed E-state index contributed by atoms with van der Waals surface area (Å²) in [6.07, 6.45) is 5.18. The van der Waals surface area contributed by atoms with Crippen LogP contribution in [0.3, 0.4) is 0 Å². The molecule has 1 aliphatic rings. The zero-order chi connectivity index (χ0) is 16.4. The Morgan fingerprint density at radius 1 is 1.04 bits per heavy atom. The Balaban J connectivity index is 1.56. The smallest absolute Gasteiger partial charge is 0.275 e. The van der Waals surface area contributed by atoms with Crippen molar-refractivity contribution in [1.29, 1.82) is 0 Å². The molecule has 122 valence electrons. The molecule has 3 aromatic rings. The summed E-state index contributed by atoms with van der Waals surface area (Å²) in [5.74, 6) is 0. The van der Waals surface area contributed by atoms with Crippen molar-refractivity contribution in [3.63, 3.8) is 0 Å². The van der Waals surface area contributed by atoms with Gasteiger partial charge in [0, 0.05) is 18.0 Å². The van der Waals surface area contributed by atoms with Gasteiger partial charge in [0.1, 0.15) is 0 Å². The number of nitrogens with zero attached hydrogens (tertiary/aromatic N) is 3. The van der Waals surface area contributed by atoms with Gasteiger partial charge in [-0.1, -0.05) is 48.5 Å². The minimum atomic E-state index is -0.00142. The Kier molecular flexibility index (Phi) is 4.13. The SMILES string of the molecule is O=c1c2ccccc2cnn1CN1CCCC1Cc1ccccc1. The second-order valence-electron chi connectivity index (χ2n) is 6.48. The van der Waals surface area contributed by atoms with Crippen LogP contribution in [0.15, 0.2) is 65.6 Å². The van der Waals surface area contributed by atoms with Crippen molar-refractivity contribution in [2.75, 3.05) is 6.54 Å². The van der Waals surface area contributed by atoms with Crippen molar-refractivity contribution in [3.8, 4) is 0 Å². The van der Waals surface area contributed by atoms with Crippen LogP contribution in [0.2, 0.25) is 0 Å². The van der Waals surface area contributed by atoms with Crippen LogP contribution in [0.5, 0.6) is 0 Å². The lowest BCUT2D eigenvalue weighted by Crippen LogP contribution is -2.37. The first-order chi connectivity index (χ1) is 11.8. The topological polar surface area (TPSA) is 38.1 Å². The summed E-state index contributed by atoms with van der Waals surface area (Å²) in [6.45, 7) is 1.60. The van der Waals surface area contributed by atoms with Crippen molar-refractivity contribution in [2.24, 2.45) is 0 Å². The van der Waals surface area contributed by atoms with Gasteiger partial charge in [-0.25, -0.2) is 4.68 Å². The van der Waals surface area contributed by atoms with Crippen LogP contribution >= 0.6 is 0 Å². The lowest BCUT2D eigenvalue weighted by Gasteiger charge is -2.24. The van der Waals surface area contributed by atoms with E-state index in [0.29, 0.717) is 12.7 Å². The van der Waals surface area contributed by atoms with E-state index >= 15 is 0 Å². The average Bonchev–Trinajstić information content (AvgIpc) is 3.05. The number of hydrogen-bond donors (Lipinski definition) is 0. The molecule has 1 aliphatic heterocycles. The minimum absolute atomic E-state index is 0.00142. The summed E-state index contributed by atoms with van der Waals surface area (Å²) in [5.41, 5.74) is 1.35. The second-order valence-corrected chi connectivity index (χ2v) is 6.48. The normalized spacial score (nSPS) is 18.2. The highest BCUT2D eigenvalue weighted by Gasteiger charge is 2.25. The molecule has 1 fully saturated rings. The molecule has 0 amide bonds. The number of fused-ring (bicyclic) bond motifs is 1. The fraction of sp³-hybridized carbons (Fsp3) is 0.300. The summed E-state index contributed by atoms with van der Waals surface area (Å²) < 4.78 is 1.60. The molecule has 1 saturated heterocycles. The number of aromatic nitrogens is 2. The number of benzene rings is 2. The van der Waals surface area contributed by atoms with Crippen LogP contribution in [0, 0.1) is 0 Å². The monoisotopic (exact) mass is 319 g/mol. The highest BCUT2D eigenvalue weighted by molar-refractivity contribution is 5.80. The maximum atomic E-state index is 12.7. The van der Waals surface area contributed by atoms with E-state index in [0.717, 1.165) is 23.7 Å². The molecule has 0 N–H and O–H groups in total. The van der Waals surface area contributed by atoms with Gasteiger partial charge in [0.25, 0.3) is 5.56 Å².